The second kappa shape index (κ2) is 14.3. The number of amidine groups is 1. The predicted octanol–water partition coefficient (Wildman–Crippen LogP) is 5.77. The number of rotatable bonds is 13. The van der Waals surface area contributed by atoms with E-state index < -0.39 is 50.4 Å². The van der Waals surface area contributed by atoms with E-state index in [-0.39, 0.29) is 53.2 Å². The van der Waals surface area contributed by atoms with Gasteiger partial charge in [0.25, 0.3) is 0 Å². The first-order chi connectivity index (χ1) is 23.2. The van der Waals surface area contributed by atoms with Crippen LogP contribution < -0.4 is 15.1 Å². The van der Waals surface area contributed by atoms with Gasteiger partial charge in [-0.3, -0.25) is 27.8 Å². The van der Waals surface area contributed by atoms with E-state index in [1.54, 1.807) is 31.2 Å². The van der Waals surface area contributed by atoms with E-state index in [0.717, 1.165) is 16.1 Å². The maximum atomic E-state index is 14.8. The van der Waals surface area contributed by atoms with E-state index in [1.165, 1.54) is 18.2 Å². The molecule has 0 spiro atoms. The minimum Gasteiger partial charge on any atom is -0.506 e. The zero-order valence-corrected chi connectivity index (χ0v) is 29.2. The van der Waals surface area contributed by atoms with Crippen LogP contribution in [-0.4, -0.2) is 59.6 Å². The zero-order valence-electron chi connectivity index (χ0n) is 27.5. The van der Waals surface area contributed by atoms with Crippen molar-refractivity contribution in [3.05, 3.63) is 95.1 Å². The van der Waals surface area contributed by atoms with Crippen LogP contribution in [0.25, 0.3) is 5.76 Å². The summed E-state index contributed by atoms with van der Waals surface area (Å²) in [6.07, 6.45) is 1.78. The molecule has 13 nitrogen and oxygen atoms in total. The number of nitrogens with one attached hydrogen (secondary N) is 2. The first-order valence-electron chi connectivity index (χ1n) is 15.6. The van der Waals surface area contributed by atoms with E-state index in [4.69, 9.17) is 9.57 Å². The van der Waals surface area contributed by atoms with Gasteiger partial charge in [-0.1, -0.05) is 79.2 Å². The van der Waals surface area contributed by atoms with E-state index in [1.807, 2.05) is 44.2 Å². The first-order valence-corrected chi connectivity index (χ1v) is 19.0. The molecule has 0 saturated carbocycles. The number of Topliss-reactive ketones (excluding diaryl/α,β-unsaturated/α-hetero) is 1. The quantitative estimate of drug-likeness (QED) is 0.107. The Morgan fingerprint density at radius 1 is 1.08 bits per heavy atom. The number of anilines is 2. The maximum Gasteiger partial charge on any atom is 0.326 e. The lowest BCUT2D eigenvalue weighted by Crippen LogP contribution is -2.53. The Morgan fingerprint density at radius 2 is 1.78 bits per heavy atom. The Labute approximate surface area is 287 Å². The van der Waals surface area contributed by atoms with E-state index in [2.05, 4.69) is 15.2 Å². The molecule has 1 aliphatic carbocycles. The molecule has 1 unspecified atom stereocenters. The second-order valence-electron chi connectivity index (χ2n) is 12.2. The molecule has 262 valence electrons. The molecule has 3 aromatic carbocycles. The van der Waals surface area contributed by atoms with Gasteiger partial charge in [-0.2, -0.15) is 5.48 Å². The van der Waals surface area contributed by atoms with Crippen LogP contribution in [-0.2, 0) is 41.3 Å². The SMILES string of the molecule is CCOC(=O)CN(c1ccc2c(c1)S(O)(O)N=C(C1=C(O)c3ccccc3C(CCC(C)C)(NOCc3ccccc3)C1=O)N2)S(C)(=O)=O. The molecule has 0 bridgehead atoms. The number of esters is 1. The van der Waals surface area contributed by atoms with Gasteiger partial charge in [-0.05, 0) is 55.0 Å². The number of sulfonamides is 1. The van der Waals surface area contributed by atoms with Crippen molar-refractivity contribution in [3.63, 3.8) is 0 Å². The molecule has 0 aromatic heterocycles. The normalized spacial score (nSPS) is 19.0. The van der Waals surface area contributed by atoms with E-state index in [0.29, 0.717) is 17.5 Å². The smallest absolute Gasteiger partial charge is 0.326 e. The van der Waals surface area contributed by atoms with Crippen molar-refractivity contribution in [1.82, 2.24) is 5.48 Å². The van der Waals surface area contributed by atoms with Gasteiger partial charge in [0.15, 0.2) is 11.6 Å². The van der Waals surface area contributed by atoms with E-state index in [9.17, 15) is 32.2 Å². The number of aliphatic hydroxyl groups excluding tert-OH is 1. The molecule has 49 heavy (non-hydrogen) atoms. The largest absolute Gasteiger partial charge is 0.506 e. The van der Waals surface area contributed by atoms with Crippen LogP contribution in [0.4, 0.5) is 11.4 Å². The monoisotopic (exact) mass is 712 g/mol. The maximum absolute atomic E-state index is 14.8. The van der Waals surface area contributed by atoms with Crippen LogP contribution in [0.5, 0.6) is 0 Å². The molecular weight excluding hydrogens is 673 g/mol. The van der Waals surface area contributed by atoms with Crippen molar-refractivity contribution in [2.45, 2.75) is 50.7 Å². The Bertz CT molecular complexity index is 1910. The lowest BCUT2D eigenvalue weighted by Gasteiger charge is -2.41. The molecule has 1 atom stereocenters. The van der Waals surface area contributed by atoms with Crippen LogP contribution in [0.15, 0.2) is 87.7 Å². The molecule has 0 radical (unpaired) electrons. The van der Waals surface area contributed by atoms with Crippen molar-refractivity contribution in [2.75, 3.05) is 29.0 Å². The number of aliphatic hydroxyl groups is 1. The summed E-state index contributed by atoms with van der Waals surface area (Å²) in [6, 6.07) is 20.2. The molecule has 1 aliphatic heterocycles. The highest BCUT2D eigenvalue weighted by Gasteiger charge is 2.50. The van der Waals surface area contributed by atoms with Gasteiger partial charge in [-0.15, -0.1) is 4.40 Å². The third kappa shape index (κ3) is 7.51. The van der Waals surface area contributed by atoms with Gasteiger partial charge in [0.2, 0.25) is 10.0 Å². The van der Waals surface area contributed by atoms with Gasteiger partial charge in [0, 0.05) is 5.56 Å². The van der Waals surface area contributed by atoms with Crippen LogP contribution in [0.2, 0.25) is 0 Å². The fourth-order valence-electron chi connectivity index (χ4n) is 5.74. The number of ether oxygens (including phenoxy) is 1. The highest BCUT2D eigenvalue weighted by atomic mass is 32.3. The Morgan fingerprint density at radius 3 is 2.45 bits per heavy atom. The summed E-state index contributed by atoms with van der Waals surface area (Å²) >= 11 is 0. The van der Waals surface area contributed by atoms with Crippen LogP contribution in [0.3, 0.4) is 0 Å². The summed E-state index contributed by atoms with van der Waals surface area (Å²) in [4.78, 5) is 32.8. The second-order valence-corrected chi connectivity index (χ2v) is 15.7. The summed E-state index contributed by atoms with van der Waals surface area (Å²) in [7, 11) is -8.08. The van der Waals surface area contributed by atoms with E-state index >= 15 is 0 Å². The first kappa shape index (κ1) is 36.0. The third-order valence-electron chi connectivity index (χ3n) is 8.15. The topological polar surface area (TPSA) is 187 Å². The number of benzene rings is 3. The Balaban J connectivity index is 1.57. The minimum absolute atomic E-state index is 0.0353. The summed E-state index contributed by atoms with van der Waals surface area (Å²) in [5.74, 6) is -1.90. The molecule has 1 heterocycles. The fourth-order valence-corrected chi connectivity index (χ4v) is 7.76. The number of nitrogens with zero attached hydrogens (tertiary/aromatic N) is 2. The highest BCUT2D eigenvalue weighted by Crippen LogP contribution is 2.57. The molecule has 5 N–H and O–H groups in total. The average molecular weight is 713 g/mol. The number of carbonyl (C=O) groups excluding carboxylic acids is 2. The molecule has 0 fully saturated rings. The van der Waals surface area contributed by atoms with Crippen LogP contribution >= 0.6 is 10.8 Å². The Hall–Kier alpha value is -4.25. The fraction of sp³-hybridized carbons (Fsp3) is 0.324. The molecule has 0 amide bonds. The number of hydrogen-bond donors (Lipinski definition) is 5. The number of hydrogen-bond acceptors (Lipinski definition) is 12. The molecular formula is C34H40N4O9S2. The number of fused-ring (bicyclic) bond motifs is 2. The number of carbonyl (C=O) groups is 2. The lowest BCUT2D eigenvalue weighted by atomic mass is 9.71. The number of hydroxylamine groups is 1. The van der Waals surface area contributed by atoms with Crippen molar-refractivity contribution < 1.29 is 41.8 Å². The molecule has 0 saturated heterocycles. The molecule has 5 rings (SSSR count). The van der Waals surface area contributed by atoms with Gasteiger partial charge in [0.05, 0.1) is 30.8 Å². The minimum atomic E-state index is -4.08. The summed E-state index contributed by atoms with van der Waals surface area (Å²) in [6.45, 7) is 5.18. The van der Waals surface area contributed by atoms with Crippen LogP contribution in [0.1, 0.15) is 50.3 Å². The standard InChI is InChI=1S/C34H40N4O9S2/c1-5-46-29(39)20-38(48(4,42)43)24-15-16-27-28(19-24)49(44,45)36-33(35-27)30-31(40)25-13-9-10-14-26(25)34(32(30)41,18-17-22(2)3)37-47-21-23-11-7-6-8-12-23/h6-16,19,22,37,40,44-45H,5,17-18,20-21H2,1-4H3,(H,35,36). The Kier molecular flexibility index (Phi) is 10.5. The zero-order chi connectivity index (χ0) is 35.6. The van der Waals surface area contributed by atoms with Gasteiger partial charge >= 0.3 is 5.97 Å². The molecule has 2 aliphatic rings. The van der Waals surface area contributed by atoms with Crippen molar-refractivity contribution in [2.24, 2.45) is 10.3 Å². The summed E-state index contributed by atoms with van der Waals surface area (Å²) in [5, 5.41) is 14.6. The van der Waals surface area contributed by atoms with Gasteiger partial charge in [-0.25, -0.2) is 8.42 Å². The average Bonchev–Trinajstić information content (AvgIpc) is 3.04. The van der Waals surface area contributed by atoms with Gasteiger partial charge in [0.1, 0.15) is 28.3 Å². The molecule has 3 aromatic rings. The predicted molar refractivity (Wildman–Crippen MR) is 189 cm³/mol. The summed E-state index contributed by atoms with van der Waals surface area (Å²) < 4.78 is 57.7. The summed E-state index contributed by atoms with van der Waals surface area (Å²) in [5.41, 5.74) is 3.02. The van der Waals surface area contributed by atoms with Gasteiger partial charge < -0.3 is 15.2 Å². The van der Waals surface area contributed by atoms with Crippen molar-refractivity contribution >= 4 is 55.5 Å². The molecule has 15 heteroatoms. The number of ketones is 1. The van der Waals surface area contributed by atoms with Crippen molar-refractivity contribution in [3.8, 4) is 0 Å². The highest BCUT2D eigenvalue weighted by molar-refractivity contribution is 8.23. The van der Waals surface area contributed by atoms with Crippen LogP contribution in [0, 0.1) is 5.92 Å². The van der Waals surface area contributed by atoms with Crippen molar-refractivity contribution in [1.29, 1.82) is 0 Å². The third-order valence-corrected chi connectivity index (χ3v) is 10.7. The lowest BCUT2D eigenvalue weighted by molar-refractivity contribution is -0.141.